The molecule has 3 heterocycles. The van der Waals surface area contributed by atoms with Crippen molar-refractivity contribution in [3.63, 3.8) is 0 Å². The van der Waals surface area contributed by atoms with E-state index in [0.717, 1.165) is 31.2 Å². The normalized spacial score (nSPS) is 19.1. The summed E-state index contributed by atoms with van der Waals surface area (Å²) in [5, 5.41) is 11.7. The van der Waals surface area contributed by atoms with Crippen LogP contribution in [0.3, 0.4) is 0 Å². The Kier molecular flexibility index (Phi) is 5.06. The maximum atomic E-state index is 12.2. The molecule has 140 valence electrons. The molecule has 2 aromatic rings. The summed E-state index contributed by atoms with van der Waals surface area (Å²) in [6.45, 7) is 3.57. The molecule has 1 aliphatic heterocycles. The van der Waals surface area contributed by atoms with Gasteiger partial charge >= 0.3 is 0 Å². The zero-order valence-corrected chi connectivity index (χ0v) is 15.5. The summed E-state index contributed by atoms with van der Waals surface area (Å²) in [6, 6.07) is 2.89. The van der Waals surface area contributed by atoms with Crippen LogP contribution in [0.25, 0.3) is 0 Å². The first-order valence-corrected chi connectivity index (χ1v) is 9.75. The van der Waals surface area contributed by atoms with Gasteiger partial charge < -0.3 is 5.32 Å². The summed E-state index contributed by atoms with van der Waals surface area (Å²) in [5.74, 6) is -0.106. The molecule has 7 heteroatoms. The van der Waals surface area contributed by atoms with Crippen LogP contribution >= 0.6 is 0 Å². The number of amides is 1. The average Bonchev–Trinajstić information content (AvgIpc) is 3.21. The van der Waals surface area contributed by atoms with Crippen molar-refractivity contribution >= 4 is 5.91 Å². The second-order valence-corrected chi connectivity index (χ2v) is 7.55. The highest BCUT2D eigenvalue weighted by Gasteiger charge is 2.24. The molecule has 0 bridgehead atoms. The summed E-state index contributed by atoms with van der Waals surface area (Å²) in [7, 11) is 1.81. The van der Waals surface area contributed by atoms with Gasteiger partial charge in [-0.1, -0.05) is 19.3 Å². The Bertz CT molecular complexity index is 758. The number of aromatic nitrogens is 4. The zero-order chi connectivity index (χ0) is 17.9. The van der Waals surface area contributed by atoms with Gasteiger partial charge in [-0.05, 0) is 25.3 Å². The molecule has 4 rings (SSSR count). The highest BCUT2D eigenvalue weighted by atomic mass is 16.1. The quantitative estimate of drug-likeness (QED) is 0.911. The number of carbonyl (C=O) groups excluding carboxylic acids is 1. The second-order valence-electron chi connectivity index (χ2n) is 7.55. The van der Waals surface area contributed by atoms with Crippen molar-refractivity contribution in [2.75, 3.05) is 6.54 Å². The Hall–Kier alpha value is -2.15. The van der Waals surface area contributed by atoms with Gasteiger partial charge in [0.05, 0.1) is 29.7 Å². The van der Waals surface area contributed by atoms with Crippen LogP contribution in [0, 0.1) is 0 Å². The predicted octanol–water partition coefficient (Wildman–Crippen LogP) is 2.08. The fraction of sp³-hybridized carbons (Fsp3) is 0.632. The van der Waals surface area contributed by atoms with Crippen LogP contribution in [0.1, 0.15) is 60.3 Å². The number of nitrogens with one attached hydrogen (secondary N) is 1. The number of carbonyl (C=O) groups is 1. The van der Waals surface area contributed by atoms with Crippen LogP contribution in [0.5, 0.6) is 0 Å². The van der Waals surface area contributed by atoms with E-state index in [2.05, 4.69) is 26.1 Å². The third kappa shape index (κ3) is 3.82. The van der Waals surface area contributed by atoms with Gasteiger partial charge in [0.2, 0.25) is 0 Å². The predicted molar refractivity (Wildman–Crippen MR) is 98.5 cm³/mol. The summed E-state index contributed by atoms with van der Waals surface area (Å²) >= 11 is 0. The lowest BCUT2D eigenvalue weighted by Gasteiger charge is -2.33. The number of rotatable bonds is 4. The minimum Gasteiger partial charge on any atom is -0.346 e. The van der Waals surface area contributed by atoms with Gasteiger partial charge in [-0.2, -0.15) is 10.2 Å². The van der Waals surface area contributed by atoms with E-state index >= 15 is 0 Å². The Morgan fingerprint density at radius 1 is 1.23 bits per heavy atom. The van der Waals surface area contributed by atoms with E-state index in [4.69, 9.17) is 5.10 Å². The molecule has 0 unspecified atom stereocenters. The molecule has 2 aromatic heterocycles. The molecular weight excluding hydrogens is 328 g/mol. The first-order chi connectivity index (χ1) is 12.7. The molecule has 26 heavy (non-hydrogen) atoms. The number of hydrogen-bond donors (Lipinski definition) is 1. The van der Waals surface area contributed by atoms with E-state index in [1.807, 2.05) is 0 Å². The minimum absolute atomic E-state index is 0.106. The third-order valence-corrected chi connectivity index (χ3v) is 5.58. The van der Waals surface area contributed by atoms with Gasteiger partial charge in [0.15, 0.2) is 0 Å². The van der Waals surface area contributed by atoms with Gasteiger partial charge in [-0.15, -0.1) is 0 Å². The van der Waals surface area contributed by atoms with Crippen LogP contribution in [-0.2, 0) is 26.7 Å². The van der Waals surface area contributed by atoms with Crippen LogP contribution in [0.4, 0.5) is 0 Å². The molecule has 0 atom stereocenters. The summed E-state index contributed by atoms with van der Waals surface area (Å²) < 4.78 is 3.77. The van der Waals surface area contributed by atoms with Crippen molar-refractivity contribution < 1.29 is 4.79 Å². The average molecular weight is 356 g/mol. The van der Waals surface area contributed by atoms with Crippen molar-refractivity contribution in [1.29, 1.82) is 0 Å². The topological polar surface area (TPSA) is 68.0 Å². The van der Waals surface area contributed by atoms with E-state index in [9.17, 15) is 4.79 Å². The molecule has 1 aliphatic carbocycles. The standard InChI is InChI=1S/C19H28N6O/c1-23-13-15(11-21-23)19(26)20-12-16-10-18-14-24(8-5-9-25(18)22-16)17-6-3-2-4-7-17/h10-11,13,17H,2-9,12,14H2,1H3,(H,20,26). The maximum absolute atomic E-state index is 12.2. The summed E-state index contributed by atoms with van der Waals surface area (Å²) in [6.07, 6.45) is 11.2. The first-order valence-electron chi connectivity index (χ1n) is 9.75. The fourth-order valence-corrected chi connectivity index (χ4v) is 4.20. The maximum Gasteiger partial charge on any atom is 0.254 e. The zero-order valence-electron chi connectivity index (χ0n) is 15.5. The fourth-order valence-electron chi connectivity index (χ4n) is 4.20. The Balaban J connectivity index is 1.39. The van der Waals surface area contributed by atoms with Crippen molar-refractivity contribution in [2.45, 2.75) is 64.2 Å². The van der Waals surface area contributed by atoms with Crippen LogP contribution in [0.15, 0.2) is 18.5 Å². The number of fused-ring (bicyclic) bond motifs is 1. The second kappa shape index (κ2) is 7.61. The summed E-state index contributed by atoms with van der Waals surface area (Å²) in [4.78, 5) is 14.8. The molecule has 1 saturated carbocycles. The molecule has 1 fully saturated rings. The number of nitrogens with zero attached hydrogens (tertiary/aromatic N) is 5. The lowest BCUT2D eigenvalue weighted by molar-refractivity contribution is 0.0950. The summed E-state index contributed by atoms with van der Waals surface area (Å²) in [5.41, 5.74) is 2.79. The number of aryl methyl sites for hydroxylation is 2. The highest BCUT2D eigenvalue weighted by Crippen LogP contribution is 2.26. The Morgan fingerprint density at radius 2 is 2.08 bits per heavy atom. The Labute approximate surface area is 154 Å². The number of hydrogen-bond acceptors (Lipinski definition) is 4. The molecule has 0 saturated heterocycles. The van der Waals surface area contributed by atoms with E-state index in [1.165, 1.54) is 44.3 Å². The van der Waals surface area contributed by atoms with Crippen molar-refractivity contribution in [3.8, 4) is 0 Å². The van der Waals surface area contributed by atoms with Gasteiger partial charge in [-0.3, -0.25) is 19.1 Å². The first kappa shape index (κ1) is 17.3. The van der Waals surface area contributed by atoms with E-state index in [0.29, 0.717) is 12.1 Å². The molecule has 7 nitrogen and oxygen atoms in total. The lowest BCUT2D eigenvalue weighted by atomic mass is 9.94. The van der Waals surface area contributed by atoms with Crippen LogP contribution in [-0.4, -0.2) is 43.0 Å². The molecular formula is C19H28N6O. The van der Waals surface area contributed by atoms with Gasteiger partial charge in [0, 0.05) is 38.9 Å². The van der Waals surface area contributed by atoms with Crippen molar-refractivity contribution in [2.24, 2.45) is 7.05 Å². The molecule has 2 aliphatic rings. The monoisotopic (exact) mass is 356 g/mol. The molecule has 0 aromatic carbocycles. The third-order valence-electron chi connectivity index (χ3n) is 5.58. The van der Waals surface area contributed by atoms with E-state index in [1.54, 1.807) is 24.1 Å². The van der Waals surface area contributed by atoms with Gasteiger partial charge in [0.1, 0.15) is 0 Å². The molecule has 1 N–H and O–H groups in total. The smallest absolute Gasteiger partial charge is 0.254 e. The van der Waals surface area contributed by atoms with Crippen molar-refractivity contribution in [3.05, 3.63) is 35.4 Å². The van der Waals surface area contributed by atoms with Gasteiger partial charge in [0.25, 0.3) is 5.91 Å². The van der Waals surface area contributed by atoms with E-state index in [-0.39, 0.29) is 5.91 Å². The van der Waals surface area contributed by atoms with Crippen LogP contribution in [0.2, 0.25) is 0 Å². The Morgan fingerprint density at radius 3 is 2.85 bits per heavy atom. The highest BCUT2D eigenvalue weighted by molar-refractivity contribution is 5.93. The molecule has 0 radical (unpaired) electrons. The van der Waals surface area contributed by atoms with E-state index < -0.39 is 0 Å². The SMILES string of the molecule is Cn1cc(C(=O)NCc2cc3n(n2)CCCN(C2CCCCC2)C3)cn1. The van der Waals surface area contributed by atoms with Crippen molar-refractivity contribution in [1.82, 2.24) is 29.8 Å². The largest absolute Gasteiger partial charge is 0.346 e. The van der Waals surface area contributed by atoms with Gasteiger partial charge in [-0.25, -0.2) is 0 Å². The molecule has 0 spiro atoms. The lowest BCUT2D eigenvalue weighted by Crippen LogP contribution is -2.36. The van der Waals surface area contributed by atoms with Crippen LogP contribution < -0.4 is 5.32 Å². The molecule has 1 amide bonds. The minimum atomic E-state index is -0.106.